The second-order valence-electron chi connectivity index (χ2n) is 5.03. The smallest absolute Gasteiger partial charge is 0.214 e. The lowest BCUT2D eigenvalue weighted by molar-refractivity contribution is 0.456. The summed E-state index contributed by atoms with van der Waals surface area (Å²) in [6.07, 6.45) is 1.72. The second kappa shape index (κ2) is 4.94. The van der Waals surface area contributed by atoms with Crippen molar-refractivity contribution in [2.75, 3.05) is 0 Å². The van der Waals surface area contributed by atoms with Gasteiger partial charge >= 0.3 is 0 Å². The van der Waals surface area contributed by atoms with Gasteiger partial charge in [0, 0.05) is 0 Å². The van der Waals surface area contributed by atoms with Crippen LogP contribution in [0.2, 0.25) is 0 Å². The van der Waals surface area contributed by atoms with Crippen LogP contribution in [0.1, 0.15) is 35.3 Å². The molecule has 1 aromatic carbocycles. The minimum atomic E-state index is -0.168. The molecule has 3 rings (SSSR count). The maximum absolute atomic E-state index is 6.26. The summed E-state index contributed by atoms with van der Waals surface area (Å²) >= 11 is 6.26. The first-order valence-electron chi connectivity index (χ1n) is 6.57. The van der Waals surface area contributed by atoms with Crippen molar-refractivity contribution in [3.8, 4) is 0 Å². The number of aryl methyl sites for hydroxylation is 2. The van der Waals surface area contributed by atoms with Crippen LogP contribution in [0, 0.1) is 13.8 Å². The van der Waals surface area contributed by atoms with E-state index in [2.05, 4.69) is 39.7 Å². The minimum absolute atomic E-state index is 0.168. The zero-order valence-electron chi connectivity index (χ0n) is 11.7. The lowest BCUT2D eigenvalue weighted by Gasteiger charge is -2.08. The van der Waals surface area contributed by atoms with Gasteiger partial charge in [-0.1, -0.05) is 6.07 Å². The Kier molecular flexibility index (Phi) is 3.26. The van der Waals surface area contributed by atoms with Crippen LogP contribution in [0.4, 0.5) is 0 Å². The number of rotatable bonds is 3. The maximum atomic E-state index is 6.26. The summed E-state index contributed by atoms with van der Waals surface area (Å²) in [5.74, 6) is 2.31. The molecule has 0 fully saturated rings. The molecular weight excluding hydrogens is 274 g/mol. The molecule has 0 aliphatic carbocycles. The number of fused-ring (bicyclic) bond motifs is 1. The molecule has 5 heteroatoms. The summed E-state index contributed by atoms with van der Waals surface area (Å²) in [4.78, 5) is 8.89. The minimum Gasteiger partial charge on any atom is -0.444 e. The molecule has 1 unspecified atom stereocenters. The average Bonchev–Trinajstić information content (AvgIpc) is 2.94. The number of benzene rings is 1. The van der Waals surface area contributed by atoms with Crippen LogP contribution < -0.4 is 0 Å². The fourth-order valence-electron chi connectivity index (χ4n) is 2.34. The summed E-state index contributed by atoms with van der Waals surface area (Å²) in [5, 5.41) is -0.168. The van der Waals surface area contributed by atoms with Crippen LogP contribution >= 0.6 is 11.6 Å². The van der Waals surface area contributed by atoms with Gasteiger partial charge in [0.15, 0.2) is 0 Å². The van der Waals surface area contributed by atoms with E-state index in [0.717, 1.165) is 22.6 Å². The molecule has 20 heavy (non-hydrogen) atoms. The maximum Gasteiger partial charge on any atom is 0.214 e. The molecule has 4 nitrogen and oxygen atoms in total. The molecule has 0 saturated carbocycles. The van der Waals surface area contributed by atoms with E-state index < -0.39 is 0 Å². The molecule has 1 atom stereocenters. The standard InChI is InChI=1S/C15H16ClN3O/c1-9-4-5-13-12(6-9)18-15(11(3)16)19(13)8-14-17-7-10(2)20-14/h4-7,11H,8H2,1-3H3. The van der Waals surface area contributed by atoms with Gasteiger partial charge in [-0.25, -0.2) is 9.97 Å². The molecule has 0 amide bonds. The Morgan fingerprint density at radius 3 is 2.80 bits per heavy atom. The van der Waals surface area contributed by atoms with Crippen LogP contribution in [0.15, 0.2) is 28.8 Å². The van der Waals surface area contributed by atoms with Crippen molar-refractivity contribution in [1.29, 1.82) is 0 Å². The van der Waals surface area contributed by atoms with Crippen molar-refractivity contribution in [3.05, 3.63) is 47.4 Å². The lowest BCUT2D eigenvalue weighted by Crippen LogP contribution is -2.06. The molecular formula is C15H16ClN3O. The molecule has 0 aliphatic rings. The van der Waals surface area contributed by atoms with Gasteiger partial charge in [0.2, 0.25) is 5.89 Å². The number of alkyl halides is 1. The molecule has 0 N–H and O–H groups in total. The molecule has 104 valence electrons. The van der Waals surface area contributed by atoms with Crippen molar-refractivity contribution >= 4 is 22.6 Å². The quantitative estimate of drug-likeness (QED) is 0.685. The predicted molar refractivity (Wildman–Crippen MR) is 79.1 cm³/mol. The molecule has 2 aromatic heterocycles. The first-order chi connectivity index (χ1) is 9.54. The van der Waals surface area contributed by atoms with E-state index in [0.29, 0.717) is 12.4 Å². The number of aromatic nitrogens is 3. The van der Waals surface area contributed by atoms with E-state index in [1.165, 1.54) is 5.56 Å². The average molecular weight is 290 g/mol. The SMILES string of the molecule is Cc1ccc2c(c1)nc(C(C)Cl)n2Cc1ncc(C)o1. The normalized spacial score (nSPS) is 13.0. The van der Waals surface area contributed by atoms with Crippen molar-refractivity contribution in [3.63, 3.8) is 0 Å². The number of oxazole rings is 1. The first kappa shape index (κ1) is 13.2. The molecule has 2 heterocycles. The molecule has 0 saturated heterocycles. The highest BCUT2D eigenvalue weighted by molar-refractivity contribution is 6.20. The number of hydrogen-bond donors (Lipinski definition) is 0. The Labute approximate surface area is 122 Å². The predicted octanol–water partition coefficient (Wildman–Crippen LogP) is 3.99. The van der Waals surface area contributed by atoms with Gasteiger partial charge < -0.3 is 8.98 Å². The number of imidazole rings is 1. The monoisotopic (exact) mass is 289 g/mol. The third-order valence-electron chi connectivity index (χ3n) is 3.25. The third-order valence-corrected chi connectivity index (χ3v) is 3.45. The molecule has 0 spiro atoms. The molecule has 0 bridgehead atoms. The fourth-order valence-corrected chi connectivity index (χ4v) is 2.50. The van der Waals surface area contributed by atoms with Crippen LogP contribution in [-0.2, 0) is 6.54 Å². The van der Waals surface area contributed by atoms with E-state index in [1.54, 1.807) is 6.20 Å². The largest absolute Gasteiger partial charge is 0.444 e. The Bertz CT molecular complexity index is 758. The second-order valence-corrected chi connectivity index (χ2v) is 5.68. The van der Waals surface area contributed by atoms with Gasteiger partial charge in [0.05, 0.1) is 22.6 Å². The number of nitrogens with zero attached hydrogens (tertiary/aromatic N) is 3. The van der Waals surface area contributed by atoms with Gasteiger partial charge in [-0.05, 0) is 38.5 Å². The van der Waals surface area contributed by atoms with Crippen molar-refractivity contribution < 1.29 is 4.42 Å². The zero-order valence-corrected chi connectivity index (χ0v) is 12.5. The third kappa shape index (κ3) is 2.31. The van der Waals surface area contributed by atoms with Crippen molar-refractivity contribution in [2.24, 2.45) is 0 Å². The van der Waals surface area contributed by atoms with Crippen molar-refractivity contribution in [1.82, 2.24) is 14.5 Å². The summed E-state index contributed by atoms with van der Waals surface area (Å²) in [7, 11) is 0. The zero-order chi connectivity index (χ0) is 14.3. The first-order valence-corrected chi connectivity index (χ1v) is 7.00. The Balaban J connectivity index is 2.13. The summed E-state index contributed by atoms with van der Waals surface area (Å²) in [5.41, 5.74) is 3.19. The fraction of sp³-hybridized carbons (Fsp3) is 0.333. The van der Waals surface area contributed by atoms with Crippen LogP contribution in [0.3, 0.4) is 0 Å². The Morgan fingerprint density at radius 2 is 2.15 bits per heavy atom. The van der Waals surface area contributed by atoms with Gasteiger partial charge in [-0.3, -0.25) is 0 Å². The summed E-state index contributed by atoms with van der Waals surface area (Å²) in [6, 6.07) is 6.20. The highest BCUT2D eigenvalue weighted by Gasteiger charge is 2.16. The van der Waals surface area contributed by atoms with Gasteiger partial charge in [0.1, 0.15) is 18.1 Å². The summed E-state index contributed by atoms with van der Waals surface area (Å²) in [6.45, 7) is 6.41. The summed E-state index contributed by atoms with van der Waals surface area (Å²) < 4.78 is 7.63. The highest BCUT2D eigenvalue weighted by Crippen LogP contribution is 2.26. The van der Waals surface area contributed by atoms with E-state index in [9.17, 15) is 0 Å². The number of halogens is 1. The van der Waals surface area contributed by atoms with Gasteiger partial charge in [-0.2, -0.15) is 0 Å². The molecule has 0 radical (unpaired) electrons. The van der Waals surface area contributed by atoms with Gasteiger partial charge in [-0.15, -0.1) is 11.6 Å². The molecule has 0 aliphatic heterocycles. The highest BCUT2D eigenvalue weighted by atomic mass is 35.5. The topological polar surface area (TPSA) is 43.9 Å². The molecule has 3 aromatic rings. The van der Waals surface area contributed by atoms with E-state index in [1.807, 2.05) is 13.8 Å². The Morgan fingerprint density at radius 1 is 1.35 bits per heavy atom. The number of hydrogen-bond acceptors (Lipinski definition) is 3. The van der Waals surface area contributed by atoms with E-state index in [4.69, 9.17) is 16.0 Å². The van der Waals surface area contributed by atoms with Crippen LogP contribution in [-0.4, -0.2) is 14.5 Å². The Hall–Kier alpha value is -1.81. The van der Waals surface area contributed by atoms with E-state index >= 15 is 0 Å². The van der Waals surface area contributed by atoms with Crippen LogP contribution in [0.5, 0.6) is 0 Å². The van der Waals surface area contributed by atoms with Crippen LogP contribution in [0.25, 0.3) is 11.0 Å². The van der Waals surface area contributed by atoms with E-state index in [-0.39, 0.29) is 5.38 Å². The van der Waals surface area contributed by atoms with Crippen molar-refractivity contribution in [2.45, 2.75) is 32.7 Å². The lowest BCUT2D eigenvalue weighted by atomic mass is 10.2. The van der Waals surface area contributed by atoms with Gasteiger partial charge in [0.25, 0.3) is 0 Å².